The molecule has 0 radical (unpaired) electrons. The predicted octanol–water partition coefficient (Wildman–Crippen LogP) is 3.96. The standard InChI is InChI=1S/C19H28FNO5/c1-5-24-17(22)8-6-7-11-25-16-12-15(20)10-9-14(16)13-21-18(23)26-19(2,3)4/h9-10,12H,5-8,11,13H2,1-4H3,(H,21,23). The maximum Gasteiger partial charge on any atom is 0.407 e. The number of hydrogen-bond acceptors (Lipinski definition) is 5. The Labute approximate surface area is 154 Å². The van der Waals surface area contributed by atoms with Crippen molar-refractivity contribution in [3.8, 4) is 5.75 Å². The van der Waals surface area contributed by atoms with Crippen LogP contribution >= 0.6 is 0 Å². The third-order valence-electron chi connectivity index (χ3n) is 3.19. The third kappa shape index (κ3) is 9.25. The molecule has 0 saturated heterocycles. The minimum absolute atomic E-state index is 0.160. The van der Waals surface area contributed by atoms with Gasteiger partial charge >= 0.3 is 12.1 Å². The van der Waals surface area contributed by atoms with E-state index in [4.69, 9.17) is 14.2 Å². The summed E-state index contributed by atoms with van der Waals surface area (Å²) in [4.78, 5) is 23.0. The predicted molar refractivity (Wildman–Crippen MR) is 95.5 cm³/mol. The Hall–Kier alpha value is -2.31. The van der Waals surface area contributed by atoms with Gasteiger partial charge in [0.2, 0.25) is 0 Å². The first-order valence-corrected chi connectivity index (χ1v) is 8.75. The van der Waals surface area contributed by atoms with Gasteiger partial charge in [-0.05, 0) is 46.6 Å². The topological polar surface area (TPSA) is 73.9 Å². The van der Waals surface area contributed by atoms with E-state index < -0.39 is 17.5 Å². The molecule has 0 aromatic heterocycles. The van der Waals surface area contributed by atoms with Crippen molar-refractivity contribution in [3.63, 3.8) is 0 Å². The van der Waals surface area contributed by atoms with E-state index in [1.54, 1.807) is 33.8 Å². The molecule has 1 N–H and O–H groups in total. The van der Waals surface area contributed by atoms with E-state index >= 15 is 0 Å². The first kappa shape index (κ1) is 21.7. The lowest BCUT2D eigenvalue weighted by atomic mass is 10.2. The highest BCUT2D eigenvalue weighted by Gasteiger charge is 2.16. The number of esters is 1. The van der Waals surface area contributed by atoms with Crippen LogP contribution in [0.25, 0.3) is 0 Å². The van der Waals surface area contributed by atoms with Crippen LogP contribution in [0.2, 0.25) is 0 Å². The molecule has 1 aromatic rings. The minimum atomic E-state index is -0.592. The number of halogens is 1. The summed E-state index contributed by atoms with van der Waals surface area (Å²) in [5, 5.41) is 2.62. The molecule has 7 heteroatoms. The third-order valence-corrected chi connectivity index (χ3v) is 3.19. The molecule has 0 aliphatic heterocycles. The summed E-state index contributed by atoms with van der Waals surface area (Å²) in [6, 6.07) is 4.14. The summed E-state index contributed by atoms with van der Waals surface area (Å²) < 4.78 is 29.1. The number of carbonyl (C=O) groups excluding carboxylic acids is 2. The zero-order chi connectivity index (χ0) is 19.6. The number of hydrogen-bond donors (Lipinski definition) is 1. The summed E-state index contributed by atoms with van der Waals surface area (Å²) in [7, 11) is 0. The van der Waals surface area contributed by atoms with Gasteiger partial charge in [-0.15, -0.1) is 0 Å². The lowest BCUT2D eigenvalue weighted by Gasteiger charge is -2.20. The Morgan fingerprint density at radius 2 is 1.92 bits per heavy atom. The fourth-order valence-electron chi connectivity index (χ4n) is 2.08. The van der Waals surface area contributed by atoms with Gasteiger partial charge in [-0.3, -0.25) is 4.79 Å². The van der Waals surface area contributed by atoms with Crippen LogP contribution in [0.1, 0.15) is 52.5 Å². The molecule has 1 aromatic carbocycles. The van der Waals surface area contributed by atoms with Crippen LogP contribution < -0.4 is 10.1 Å². The Morgan fingerprint density at radius 3 is 2.58 bits per heavy atom. The molecule has 0 bridgehead atoms. The van der Waals surface area contributed by atoms with E-state index in [0.29, 0.717) is 43.8 Å². The Balaban J connectivity index is 2.48. The van der Waals surface area contributed by atoms with E-state index in [0.717, 1.165) is 0 Å². The van der Waals surface area contributed by atoms with Crippen LogP contribution in [0.4, 0.5) is 9.18 Å². The lowest BCUT2D eigenvalue weighted by molar-refractivity contribution is -0.143. The molecule has 0 aliphatic rings. The Morgan fingerprint density at radius 1 is 1.19 bits per heavy atom. The van der Waals surface area contributed by atoms with E-state index in [-0.39, 0.29) is 12.5 Å². The fraction of sp³-hybridized carbons (Fsp3) is 0.579. The van der Waals surface area contributed by atoms with Crippen LogP contribution in [0.3, 0.4) is 0 Å². The summed E-state index contributed by atoms with van der Waals surface area (Å²) in [5.74, 6) is -0.301. The van der Waals surface area contributed by atoms with E-state index in [1.165, 1.54) is 12.1 Å². The number of carbonyl (C=O) groups is 2. The van der Waals surface area contributed by atoms with Crippen LogP contribution in [-0.4, -0.2) is 30.9 Å². The minimum Gasteiger partial charge on any atom is -0.493 e. The molecule has 0 heterocycles. The van der Waals surface area contributed by atoms with Crippen molar-refractivity contribution in [3.05, 3.63) is 29.6 Å². The molecule has 0 saturated carbocycles. The summed E-state index contributed by atoms with van der Waals surface area (Å²) in [6.07, 6.45) is 1.03. The molecule has 0 aliphatic carbocycles. The van der Waals surface area contributed by atoms with Gasteiger partial charge in [0.05, 0.1) is 13.2 Å². The average Bonchev–Trinajstić information content (AvgIpc) is 2.52. The van der Waals surface area contributed by atoms with Crippen LogP contribution in [0.5, 0.6) is 5.75 Å². The second-order valence-electron chi connectivity index (χ2n) is 6.72. The summed E-state index contributed by atoms with van der Waals surface area (Å²) >= 11 is 0. The first-order chi connectivity index (χ1) is 12.2. The zero-order valence-electron chi connectivity index (χ0n) is 15.9. The van der Waals surface area contributed by atoms with Crippen molar-refractivity contribution in [1.29, 1.82) is 0 Å². The monoisotopic (exact) mass is 369 g/mol. The zero-order valence-corrected chi connectivity index (χ0v) is 15.9. The fourth-order valence-corrected chi connectivity index (χ4v) is 2.08. The maximum atomic E-state index is 13.5. The van der Waals surface area contributed by atoms with Crippen molar-refractivity contribution in [2.45, 2.75) is 59.1 Å². The van der Waals surface area contributed by atoms with Gasteiger partial charge in [0.1, 0.15) is 17.2 Å². The highest BCUT2D eigenvalue weighted by Crippen LogP contribution is 2.20. The van der Waals surface area contributed by atoms with Gasteiger partial charge < -0.3 is 19.5 Å². The molecule has 1 rings (SSSR count). The lowest BCUT2D eigenvalue weighted by Crippen LogP contribution is -2.32. The van der Waals surface area contributed by atoms with Crippen molar-refractivity contribution >= 4 is 12.1 Å². The van der Waals surface area contributed by atoms with Gasteiger partial charge in [-0.25, -0.2) is 9.18 Å². The second-order valence-corrected chi connectivity index (χ2v) is 6.72. The first-order valence-electron chi connectivity index (χ1n) is 8.75. The molecule has 0 unspecified atom stereocenters. The van der Waals surface area contributed by atoms with Gasteiger partial charge in [-0.1, -0.05) is 6.07 Å². The smallest absolute Gasteiger partial charge is 0.407 e. The molecule has 1 amide bonds. The molecular weight excluding hydrogens is 341 g/mol. The molecule has 0 spiro atoms. The average molecular weight is 369 g/mol. The van der Waals surface area contributed by atoms with Crippen LogP contribution in [-0.2, 0) is 20.8 Å². The number of alkyl carbamates (subject to hydrolysis) is 1. The normalized spacial score (nSPS) is 11.0. The molecule has 146 valence electrons. The van der Waals surface area contributed by atoms with Crippen molar-refractivity contribution in [1.82, 2.24) is 5.32 Å². The van der Waals surface area contributed by atoms with E-state index in [1.807, 2.05) is 0 Å². The van der Waals surface area contributed by atoms with Gasteiger partial charge in [0, 0.05) is 24.6 Å². The van der Waals surface area contributed by atoms with Gasteiger partial charge in [0.25, 0.3) is 0 Å². The SMILES string of the molecule is CCOC(=O)CCCCOc1cc(F)ccc1CNC(=O)OC(C)(C)C. The van der Waals surface area contributed by atoms with Crippen molar-refractivity contribution in [2.75, 3.05) is 13.2 Å². The molecule has 0 atom stereocenters. The number of nitrogens with one attached hydrogen (secondary N) is 1. The Bertz CT molecular complexity index is 598. The molecular formula is C19H28FNO5. The highest BCUT2D eigenvalue weighted by molar-refractivity contribution is 5.69. The van der Waals surface area contributed by atoms with Crippen LogP contribution in [0.15, 0.2) is 18.2 Å². The second kappa shape index (κ2) is 10.6. The van der Waals surface area contributed by atoms with Gasteiger partial charge in [0.15, 0.2) is 0 Å². The molecule has 0 fully saturated rings. The Kier molecular flexibility index (Phi) is 8.88. The number of amides is 1. The molecule has 6 nitrogen and oxygen atoms in total. The van der Waals surface area contributed by atoms with E-state index in [2.05, 4.69) is 5.32 Å². The largest absolute Gasteiger partial charge is 0.493 e. The number of rotatable bonds is 9. The van der Waals surface area contributed by atoms with E-state index in [9.17, 15) is 14.0 Å². The van der Waals surface area contributed by atoms with Gasteiger partial charge in [-0.2, -0.15) is 0 Å². The maximum absolute atomic E-state index is 13.5. The van der Waals surface area contributed by atoms with Crippen molar-refractivity contribution in [2.24, 2.45) is 0 Å². The number of ether oxygens (including phenoxy) is 3. The quantitative estimate of drug-likeness (QED) is 0.527. The number of unbranched alkanes of at least 4 members (excludes halogenated alkanes) is 1. The summed E-state index contributed by atoms with van der Waals surface area (Å²) in [6.45, 7) is 7.94. The summed E-state index contributed by atoms with van der Waals surface area (Å²) in [5.41, 5.74) is 0.0492. The molecule has 26 heavy (non-hydrogen) atoms. The number of benzene rings is 1. The highest BCUT2D eigenvalue weighted by atomic mass is 19.1. The van der Waals surface area contributed by atoms with Crippen LogP contribution in [0, 0.1) is 5.82 Å². The van der Waals surface area contributed by atoms with Crippen molar-refractivity contribution < 1.29 is 28.2 Å².